The molecule has 1 rings (SSSR count). The number of rotatable bonds is 12. The van der Waals surface area contributed by atoms with Gasteiger partial charge in [0.25, 0.3) is 5.91 Å². The number of hydrogen-bond acceptors (Lipinski definition) is 5. The van der Waals surface area contributed by atoms with Gasteiger partial charge in [-0.15, -0.1) is 0 Å². The van der Waals surface area contributed by atoms with Crippen molar-refractivity contribution in [3.63, 3.8) is 0 Å². The van der Waals surface area contributed by atoms with Crippen molar-refractivity contribution in [3.05, 3.63) is 24.2 Å². The summed E-state index contributed by atoms with van der Waals surface area (Å²) in [5, 5.41) is 0. The van der Waals surface area contributed by atoms with E-state index in [-0.39, 0.29) is 18.3 Å². The quantitative estimate of drug-likeness (QED) is 0.433. The summed E-state index contributed by atoms with van der Waals surface area (Å²) in [6.45, 7) is 10.5. The van der Waals surface area contributed by atoms with Crippen molar-refractivity contribution in [2.75, 3.05) is 39.3 Å². The van der Waals surface area contributed by atoms with Gasteiger partial charge in [0.2, 0.25) is 0 Å². The molecule has 0 aliphatic heterocycles. The number of esters is 1. The highest BCUT2D eigenvalue weighted by molar-refractivity contribution is 5.91. The summed E-state index contributed by atoms with van der Waals surface area (Å²) in [5.41, 5.74) is 0. The molecule has 0 bridgehead atoms. The standard InChI is InChI=1S/C18H30N2O4/c1-4-19(5-2)12-7-8-13-20(14-11-17(21)23-6-3)18(22)16-10-9-15-24-16/h9-10,15H,4-8,11-14H2,1-3H3. The number of ether oxygens (including phenoxy) is 1. The van der Waals surface area contributed by atoms with Crippen LogP contribution < -0.4 is 0 Å². The van der Waals surface area contributed by atoms with Crippen LogP contribution in [-0.2, 0) is 9.53 Å². The normalized spacial score (nSPS) is 10.8. The number of hydrogen-bond donors (Lipinski definition) is 0. The van der Waals surface area contributed by atoms with Crippen LogP contribution in [0.15, 0.2) is 22.8 Å². The number of amides is 1. The lowest BCUT2D eigenvalue weighted by Crippen LogP contribution is -2.34. The van der Waals surface area contributed by atoms with Crippen LogP contribution in [0.4, 0.5) is 0 Å². The predicted octanol–water partition coefficient (Wildman–Crippen LogP) is 2.80. The summed E-state index contributed by atoms with van der Waals surface area (Å²) >= 11 is 0. The molecule has 0 atom stereocenters. The highest BCUT2D eigenvalue weighted by Gasteiger charge is 2.19. The van der Waals surface area contributed by atoms with Crippen molar-refractivity contribution in [2.45, 2.75) is 40.0 Å². The fraction of sp³-hybridized carbons (Fsp3) is 0.667. The fourth-order valence-corrected chi connectivity index (χ4v) is 2.51. The maximum Gasteiger partial charge on any atom is 0.307 e. The van der Waals surface area contributed by atoms with Crippen LogP contribution in [0.25, 0.3) is 0 Å². The van der Waals surface area contributed by atoms with E-state index in [1.807, 2.05) is 0 Å². The van der Waals surface area contributed by atoms with E-state index in [9.17, 15) is 9.59 Å². The van der Waals surface area contributed by atoms with E-state index in [4.69, 9.17) is 9.15 Å². The van der Waals surface area contributed by atoms with Gasteiger partial charge in [-0.05, 0) is 51.5 Å². The van der Waals surface area contributed by atoms with Crippen LogP contribution in [0.3, 0.4) is 0 Å². The minimum atomic E-state index is -0.280. The van der Waals surface area contributed by atoms with E-state index in [0.29, 0.717) is 25.5 Å². The van der Waals surface area contributed by atoms with E-state index in [1.165, 1.54) is 6.26 Å². The Morgan fingerprint density at radius 3 is 2.38 bits per heavy atom. The molecule has 0 radical (unpaired) electrons. The van der Waals surface area contributed by atoms with E-state index < -0.39 is 0 Å². The predicted molar refractivity (Wildman–Crippen MR) is 92.9 cm³/mol. The molecule has 0 aromatic carbocycles. The zero-order valence-electron chi connectivity index (χ0n) is 15.1. The van der Waals surface area contributed by atoms with E-state index >= 15 is 0 Å². The first-order chi connectivity index (χ1) is 11.6. The second-order valence-electron chi connectivity index (χ2n) is 5.56. The van der Waals surface area contributed by atoms with Crippen molar-refractivity contribution < 1.29 is 18.7 Å². The lowest BCUT2D eigenvalue weighted by molar-refractivity contribution is -0.143. The Morgan fingerprint density at radius 2 is 1.79 bits per heavy atom. The second kappa shape index (κ2) is 11.7. The highest BCUT2D eigenvalue weighted by atomic mass is 16.5. The summed E-state index contributed by atoms with van der Waals surface area (Å²) in [5.74, 6) is -0.146. The zero-order chi connectivity index (χ0) is 17.8. The average Bonchev–Trinajstić information content (AvgIpc) is 3.12. The molecule has 1 aromatic heterocycles. The Hall–Kier alpha value is -1.82. The average molecular weight is 338 g/mol. The Balaban J connectivity index is 2.51. The Labute approximate surface area is 144 Å². The fourth-order valence-electron chi connectivity index (χ4n) is 2.51. The number of carbonyl (C=O) groups excluding carboxylic acids is 2. The molecule has 0 spiro atoms. The Kier molecular flexibility index (Phi) is 9.84. The van der Waals surface area contributed by atoms with Crippen LogP contribution >= 0.6 is 0 Å². The molecule has 1 aromatic rings. The third-order valence-corrected chi connectivity index (χ3v) is 3.96. The molecule has 24 heavy (non-hydrogen) atoms. The number of unbranched alkanes of at least 4 members (excludes halogenated alkanes) is 1. The van der Waals surface area contributed by atoms with Gasteiger partial charge in [0.1, 0.15) is 0 Å². The van der Waals surface area contributed by atoms with Gasteiger partial charge in [-0.25, -0.2) is 0 Å². The lowest BCUT2D eigenvalue weighted by Gasteiger charge is -2.22. The molecule has 0 saturated carbocycles. The SMILES string of the molecule is CCOC(=O)CCN(CCCCN(CC)CC)C(=O)c1ccco1. The van der Waals surface area contributed by atoms with Crippen molar-refractivity contribution in [3.8, 4) is 0 Å². The van der Waals surface area contributed by atoms with Gasteiger partial charge in [0, 0.05) is 13.1 Å². The van der Waals surface area contributed by atoms with Gasteiger partial charge in [-0.2, -0.15) is 0 Å². The summed E-state index contributed by atoms with van der Waals surface area (Å²) in [7, 11) is 0. The minimum absolute atomic E-state index is 0.174. The largest absolute Gasteiger partial charge is 0.466 e. The molecule has 0 unspecified atom stereocenters. The molecule has 0 fully saturated rings. The monoisotopic (exact) mass is 338 g/mol. The van der Waals surface area contributed by atoms with Crippen LogP contribution in [0.2, 0.25) is 0 Å². The van der Waals surface area contributed by atoms with E-state index in [2.05, 4.69) is 18.7 Å². The zero-order valence-corrected chi connectivity index (χ0v) is 15.1. The first-order valence-corrected chi connectivity index (χ1v) is 8.83. The third-order valence-electron chi connectivity index (χ3n) is 3.96. The van der Waals surface area contributed by atoms with Gasteiger partial charge >= 0.3 is 5.97 Å². The Morgan fingerprint density at radius 1 is 1.08 bits per heavy atom. The molecule has 1 heterocycles. The van der Waals surface area contributed by atoms with Crippen LogP contribution in [0.1, 0.15) is 50.6 Å². The second-order valence-corrected chi connectivity index (χ2v) is 5.56. The van der Waals surface area contributed by atoms with Gasteiger partial charge in [0.05, 0.1) is 19.3 Å². The summed E-state index contributed by atoms with van der Waals surface area (Å²) in [4.78, 5) is 28.1. The van der Waals surface area contributed by atoms with Crippen LogP contribution in [0.5, 0.6) is 0 Å². The summed E-state index contributed by atoms with van der Waals surface area (Å²) in [6, 6.07) is 3.34. The molecular formula is C18H30N2O4. The number of carbonyl (C=O) groups is 2. The van der Waals surface area contributed by atoms with Gasteiger partial charge in [-0.1, -0.05) is 13.8 Å². The number of nitrogens with zero attached hydrogens (tertiary/aromatic N) is 2. The highest BCUT2D eigenvalue weighted by Crippen LogP contribution is 2.09. The number of furan rings is 1. The van der Waals surface area contributed by atoms with E-state index in [1.54, 1.807) is 24.0 Å². The van der Waals surface area contributed by atoms with Crippen LogP contribution in [-0.4, -0.2) is 61.0 Å². The minimum Gasteiger partial charge on any atom is -0.466 e. The molecule has 6 heteroatoms. The first kappa shape index (κ1) is 20.2. The molecular weight excluding hydrogens is 308 g/mol. The van der Waals surface area contributed by atoms with Gasteiger partial charge in [-0.3, -0.25) is 9.59 Å². The summed E-state index contributed by atoms with van der Waals surface area (Å²) < 4.78 is 10.1. The van der Waals surface area contributed by atoms with Crippen LogP contribution in [0, 0.1) is 0 Å². The smallest absolute Gasteiger partial charge is 0.307 e. The van der Waals surface area contributed by atoms with Gasteiger partial charge < -0.3 is 19.0 Å². The molecule has 0 aliphatic carbocycles. The maximum atomic E-state index is 12.5. The van der Waals surface area contributed by atoms with Crippen molar-refractivity contribution >= 4 is 11.9 Å². The third kappa shape index (κ3) is 7.17. The molecule has 0 saturated heterocycles. The Bertz CT molecular complexity index is 469. The maximum absolute atomic E-state index is 12.5. The molecule has 6 nitrogen and oxygen atoms in total. The summed E-state index contributed by atoms with van der Waals surface area (Å²) in [6.07, 6.45) is 3.60. The van der Waals surface area contributed by atoms with E-state index in [0.717, 1.165) is 32.5 Å². The van der Waals surface area contributed by atoms with Crippen molar-refractivity contribution in [1.29, 1.82) is 0 Å². The topological polar surface area (TPSA) is 63.0 Å². The molecule has 136 valence electrons. The molecule has 0 N–H and O–H groups in total. The lowest BCUT2D eigenvalue weighted by atomic mass is 10.2. The first-order valence-electron chi connectivity index (χ1n) is 8.83. The molecule has 1 amide bonds. The van der Waals surface area contributed by atoms with Crippen molar-refractivity contribution in [1.82, 2.24) is 9.80 Å². The van der Waals surface area contributed by atoms with Crippen molar-refractivity contribution in [2.24, 2.45) is 0 Å². The van der Waals surface area contributed by atoms with Gasteiger partial charge in [0.15, 0.2) is 5.76 Å². The molecule has 0 aliphatic rings.